The fraction of sp³-hybridized carbons (Fsp3) is 0.0714. The standard InChI is InChI=1S/C14H10F2INO/c1-8-5-6-11(15)13(12(8)16)18-14(19)9-3-2-4-10(17)7-9/h2-7H,1H3,(H,18,19). The van der Waals surface area contributed by atoms with Crippen LogP contribution in [-0.2, 0) is 0 Å². The SMILES string of the molecule is Cc1ccc(F)c(NC(=O)c2cccc(I)c2)c1F. The summed E-state index contributed by atoms with van der Waals surface area (Å²) in [6.07, 6.45) is 0. The Morgan fingerprint density at radius 2 is 1.95 bits per heavy atom. The third-order valence-electron chi connectivity index (χ3n) is 2.61. The number of anilines is 1. The van der Waals surface area contributed by atoms with Crippen molar-refractivity contribution in [3.63, 3.8) is 0 Å². The van der Waals surface area contributed by atoms with Crippen LogP contribution in [0.1, 0.15) is 15.9 Å². The van der Waals surface area contributed by atoms with Crippen LogP contribution in [-0.4, -0.2) is 5.91 Å². The summed E-state index contributed by atoms with van der Waals surface area (Å²) in [7, 11) is 0. The molecule has 0 aliphatic rings. The molecule has 2 nitrogen and oxygen atoms in total. The van der Waals surface area contributed by atoms with Crippen LogP contribution in [0.2, 0.25) is 0 Å². The van der Waals surface area contributed by atoms with Crippen LogP contribution in [0, 0.1) is 22.1 Å². The molecular weight excluding hydrogens is 363 g/mol. The Hall–Kier alpha value is -1.50. The minimum atomic E-state index is -0.790. The highest BCUT2D eigenvalue weighted by Crippen LogP contribution is 2.22. The first-order valence-corrected chi connectivity index (χ1v) is 6.58. The lowest BCUT2D eigenvalue weighted by atomic mass is 10.1. The Bertz CT molecular complexity index is 643. The minimum Gasteiger partial charge on any atom is -0.317 e. The number of nitrogens with one attached hydrogen (secondary N) is 1. The van der Waals surface area contributed by atoms with Crippen molar-refractivity contribution in [3.05, 3.63) is 62.7 Å². The molecule has 0 fully saturated rings. The molecule has 19 heavy (non-hydrogen) atoms. The number of rotatable bonds is 2. The second kappa shape index (κ2) is 5.64. The Morgan fingerprint density at radius 1 is 1.21 bits per heavy atom. The largest absolute Gasteiger partial charge is 0.317 e. The molecule has 1 N–H and O–H groups in total. The number of amides is 1. The molecule has 1 amide bonds. The van der Waals surface area contributed by atoms with Gasteiger partial charge in [0.15, 0.2) is 5.82 Å². The summed E-state index contributed by atoms with van der Waals surface area (Å²) in [5.41, 5.74) is 0.218. The second-order valence-electron chi connectivity index (χ2n) is 4.02. The lowest BCUT2D eigenvalue weighted by molar-refractivity contribution is 0.102. The molecule has 0 heterocycles. The lowest BCUT2D eigenvalue weighted by Gasteiger charge is -2.09. The van der Waals surface area contributed by atoms with Gasteiger partial charge in [-0.2, -0.15) is 0 Å². The van der Waals surface area contributed by atoms with Gasteiger partial charge in [-0.05, 0) is 59.3 Å². The van der Waals surface area contributed by atoms with Gasteiger partial charge in [0.1, 0.15) is 11.5 Å². The Kier molecular flexibility index (Phi) is 4.14. The van der Waals surface area contributed by atoms with Crippen LogP contribution in [0.15, 0.2) is 36.4 Å². The van der Waals surface area contributed by atoms with Crippen LogP contribution >= 0.6 is 22.6 Å². The van der Waals surface area contributed by atoms with Gasteiger partial charge in [0, 0.05) is 9.13 Å². The number of carbonyl (C=O) groups is 1. The molecule has 0 atom stereocenters. The zero-order valence-electron chi connectivity index (χ0n) is 10.0. The van der Waals surface area contributed by atoms with Crippen molar-refractivity contribution in [1.29, 1.82) is 0 Å². The fourth-order valence-corrected chi connectivity index (χ4v) is 2.13. The number of aryl methyl sites for hydroxylation is 1. The molecule has 0 saturated carbocycles. The topological polar surface area (TPSA) is 29.1 Å². The van der Waals surface area contributed by atoms with E-state index in [1.165, 1.54) is 13.0 Å². The van der Waals surface area contributed by atoms with E-state index in [1.54, 1.807) is 18.2 Å². The number of benzene rings is 2. The zero-order valence-corrected chi connectivity index (χ0v) is 12.2. The second-order valence-corrected chi connectivity index (χ2v) is 5.26. The van der Waals surface area contributed by atoms with Gasteiger partial charge in [-0.1, -0.05) is 12.1 Å². The molecule has 2 aromatic rings. The van der Waals surface area contributed by atoms with Crippen molar-refractivity contribution in [2.75, 3.05) is 5.32 Å². The molecule has 2 aromatic carbocycles. The molecule has 2 rings (SSSR count). The monoisotopic (exact) mass is 373 g/mol. The third kappa shape index (κ3) is 3.09. The number of hydrogen-bond acceptors (Lipinski definition) is 1. The number of hydrogen-bond donors (Lipinski definition) is 1. The van der Waals surface area contributed by atoms with Crippen LogP contribution in [0.4, 0.5) is 14.5 Å². The van der Waals surface area contributed by atoms with Crippen LogP contribution < -0.4 is 5.32 Å². The van der Waals surface area contributed by atoms with Gasteiger partial charge in [0.2, 0.25) is 0 Å². The summed E-state index contributed by atoms with van der Waals surface area (Å²) in [6, 6.07) is 9.21. The predicted octanol–water partition coefficient (Wildman–Crippen LogP) is 4.13. The Labute approximate surface area is 123 Å². The maximum Gasteiger partial charge on any atom is 0.255 e. The quantitative estimate of drug-likeness (QED) is 0.789. The van der Waals surface area contributed by atoms with E-state index in [2.05, 4.69) is 27.9 Å². The van der Waals surface area contributed by atoms with E-state index in [0.717, 1.165) is 9.64 Å². The highest BCUT2D eigenvalue weighted by Gasteiger charge is 2.15. The van der Waals surface area contributed by atoms with E-state index < -0.39 is 23.2 Å². The van der Waals surface area contributed by atoms with Gasteiger partial charge in [-0.3, -0.25) is 4.79 Å². The van der Waals surface area contributed by atoms with E-state index in [9.17, 15) is 13.6 Å². The highest BCUT2D eigenvalue weighted by molar-refractivity contribution is 14.1. The van der Waals surface area contributed by atoms with Gasteiger partial charge in [-0.15, -0.1) is 0 Å². The maximum atomic E-state index is 13.8. The summed E-state index contributed by atoms with van der Waals surface area (Å²) in [4.78, 5) is 11.9. The van der Waals surface area contributed by atoms with Crippen molar-refractivity contribution in [2.45, 2.75) is 6.92 Å². The van der Waals surface area contributed by atoms with Gasteiger partial charge in [0.05, 0.1) is 0 Å². The van der Waals surface area contributed by atoms with Crippen molar-refractivity contribution in [3.8, 4) is 0 Å². The average Bonchev–Trinajstić information content (AvgIpc) is 2.39. The number of halogens is 3. The molecule has 0 aliphatic carbocycles. The molecular formula is C14H10F2INO. The smallest absolute Gasteiger partial charge is 0.255 e. The van der Waals surface area contributed by atoms with E-state index in [1.807, 2.05) is 6.07 Å². The summed E-state index contributed by atoms with van der Waals surface area (Å²) < 4.78 is 28.2. The molecule has 0 bridgehead atoms. The van der Waals surface area contributed by atoms with Gasteiger partial charge in [-0.25, -0.2) is 8.78 Å². The zero-order chi connectivity index (χ0) is 14.0. The minimum absolute atomic E-state index is 0.277. The molecule has 0 spiro atoms. The van der Waals surface area contributed by atoms with Crippen molar-refractivity contribution in [1.82, 2.24) is 0 Å². The van der Waals surface area contributed by atoms with Crippen molar-refractivity contribution < 1.29 is 13.6 Å². The third-order valence-corrected chi connectivity index (χ3v) is 3.28. The van der Waals surface area contributed by atoms with E-state index in [-0.39, 0.29) is 5.56 Å². The van der Waals surface area contributed by atoms with Gasteiger partial charge in [0.25, 0.3) is 5.91 Å². The molecule has 0 saturated heterocycles. The average molecular weight is 373 g/mol. The first-order valence-electron chi connectivity index (χ1n) is 5.50. The van der Waals surface area contributed by atoms with Crippen LogP contribution in [0.25, 0.3) is 0 Å². The summed E-state index contributed by atoms with van der Waals surface area (Å²) in [5, 5.41) is 2.27. The molecule has 0 unspecified atom stereocenters. The normalized spacial score (nSPS) is 10.3. The lowest BCUT2D eigenvalue weighted by Crippen LogP contribution is -2.14. The van der Waals surface area contributed by atoms with E-state index in [4.69, 9.17) is 0 Å². The van der Waals surface area contributed by atoms with Gasteiger partial charge < -0.3 is 5.32 Å². The molecule has 5 heteroatoms. The molecule has 0 radical (unpaired) electrons. The summed E-state index contributed by atoms with van der Waals surface area (Å²) in [6.45, 7) is 1.51. The van der Waals surface area contributed by atoms with Crippen molar-refractivity contribution in [2.24, 2.45) is 0 Å². The Balaban J connectivity index is 2.32. The first-order chi connectivity index (χ1) is 8.99. The Morgan fingerprint density at radius 3 is 2.63 bits per heavy atom. The highest BCUT2D eigenvalue weighted by atomic mass is 127. The summed E-state index contributed by atoms with van der Waals surface area (Å²) >= 11 is 2.06. The van der Waals surface area contributed by atoms with E-state index >= 15 is 0 Å². The van der Waals surface area contributed by atoms with Gasteiger partial charge >= 0.3 is 0 Å². The van der Waals surface area contributed by atoms with Crippen LogP contribution in [0.5, 0.6) is 0 Å². The van der Waals surface area contributed by atoms with Crippen LogP contribution in [0.3, 0.4) is 0 Å². The summed E-state index contributed by atoms with van der Waals surface area (Å²) in [5.74, 6) is -2.08. The maximum absolute atomic E-state index is 13.8. The molecule has 0 aliphatic heterocycles. The first kappa shape index (κ1) is 13.9. The van der Waals surface area contributed by atoms with Crippen molar-refractivity contribution >= 4 is 34.2 Å². The number of carbonyl (C=O) groups excluding carboxylic acids is 1. The predicted molar refractivity (Wildman–Crippen MR) is 78.2 cm³/mol. The molecule has 0 aromatic heterocycles. The fourth-order valence-electron chi connectivity index (χ4n) is 1.59. The molecule has 98 valence electrons. The van der Waals surface area contributed by atoms with E-state index in [0.29, 0.717) is 5.56 Å².